The average Bonchev–Trinajstić information content (AvgIpc) is 2.80. The lowest BCUT2D eigenvalue weighted by Gasteiger charge is -2.28. The summed E-state index contributed by atoms with van der Waals surface area (Å²) in [6.07, 6.45) is 2.09. The third-order valence-electron chi connectivity index (χ3n) is 3.34. The zero-order valence-electron chi connectivity index (χ0n) is 12.0. The maximum atomic E-state index is 12.3. The maximum absolute atomic E-state index is 12.3. The van der Waals surface area contributed by atoms with E-state index in [0.717, 1.165) is 32.5 Å². The van der Waals surface area contributed by atoms with Crippen molar-refractivity contribution >= 4 is 11.8 Å². The van der Waals surface area contributed by atoms with E-state index in [0.29, 0.717) is 6.54 Å². The molecule has 1 aliphatic heterocycles. The molecule has 18 heavy (non-hydrogen) atoms. The van der Waals surface area contributed by atoms with Crippen LogP contribution in [0.2, 0.25) is 0 Å². The molecule has 2 amide bonds. The lowest BCUT2D eigenvalue weighted by atomic mass is 9.90. The molecule has 5 nitrogen and oxygen atoms in total. The van der Waals surface area contributed by atoms with E-state index in [1.165, 1.54) is 0 Å². The van der Waals surface area contributed by atoms with E-state index in [2.05, 4.69) is 5.32 Å². The van der Waals surface area contributed by atoms with E-state index < -0.39 is 5.41 Å². The predicted octanol–water partition coefficient (Wildman–Crippen LogP) is 0.313. The largest absolute Gasteiger partial charge is 0.354 e. The van der Waals surface area contributed by atoms with Gasteiger partial charge in [0.15, 0.2) is 0 Å². The van der Waals surface area contributed by atoms with Crippen LogP contribution < -0.4 is 5.32 Å². The molecule has 1 heterocycles. The van der Waals surface area contributed by atoms with Gasteiger partial charge in [0.05, 0.1) is 0 Å². The van der Waals surface area contributed by atoms with Gasteiger partial charge in [-0.25, -0.2) is 0 Å². The van der Waals surface area contributed by atoms with Gasteiger partial charge in [0.25, 0.3) is 0 Å². The van der Waals surface area contributed by atoms with Crippen LogP contribution in [0.4, 0.5) is 0 Å². The smallest absolute Gasteiger partial charge is 0.237 e. The predicted molar refractivity (Wildman–Crippen MR) is 71.2 cm³/mol. The molecule has 0 atom stereocenters. The Morgan fingerprint density at radius 3 is 2.28 bits per heavy atom. The summed E-state index contributed by atoms with van der Waals surface area (Å²) in [7, 11) is 3.90. The van der Waals surface area contributed by atoms with E-state index in [1.807, 2.05) is 19.0 Å². The molecule has 1 fully saturated rings. The van der Waals surface area contributed by atoms with E-state index in [1.54, 1.807) is 18.7 Å². The SMILES string of the molecule is CN(C)CCNC(=O)C(C)(C)C(=O)N1CCCC1. The summed E-state index contributed by atoms with van der Waals surface area (Å²) in [6, 6.07) is 0. The summed E-state index contributed by atoms with van der Waals surface area (Å²) >= 11 is 0. The Morgan fingerprint density at radius 1 is 1.22 bits per heavy atom. The van der Waals surface area contributed by atoms with Crippen molar-refractivity contribution in [2.75, 3.05) is 40.3 Å². The second-order valence-corrected chi connectivity index (χ2v) is 5.68. The first-order valence-corrected chi connectivity index (χ1v) is 6.58. The number of rotatable bonds is 5. The van der Waals surface area contributed by atoms with Crippen LogP contribution in [0.3, 0.4) is 0 Å². The van der Waals surface area contributed by atoms with Crippen LogP contribution in [-0.2, 0) is 9.59 Å². The van der Waals surface area contributed by atoms with Crippen LogP contribution in [0.15, 0.2) is 0 Å². The molecule has 0 bridgehead atoms. The molecule has 1 N–H and O–H groups in total. The number of carbonyl (C=O) groups is 2. The number of nitrogens with zero attached hydrogens (tertiary/aromatic N) is 2. The second kappa shape index (κ2) is 6.18. The minimum Gasteiger partial charge on any atom is -0.354 e. The zero-order valence-corrected chi connectivity index (χ0v) is 12.0. The van der Waals surface area contributed by atoms with E-state index in [4.69, 9.17) is 0 Å². The van der Waals surface area contributed by atoms with Crippen molar-refractivity contribution in [2.24, 2.45) is 5.41 Å². The number of hydrogen-bond acceptors (Lipinski definition) is 3. The van der Waals surface area contributed by atoms with Crippen LogP contribution in [0.1, 0.15) is 26.7 Å². The van der Waals surface area contributed by atoms with Gasteiger partial charge in [-0.3, -0.25) is 9.59 Å². The molecular formula is C13H25N3O2. The van der Waals surface area contributed by atoms with Gasteiger partial charge in [0.2, 0.25) is 11.8 Å². The first kappa shape index (κ1) is 15.0. The highest BCUT2D eigenvalue weighted by Crippen LogP contribution is 2.22. The van der Waals surface area contributed by atoms with Gasteiger partial charge in [-0.05, 0) is 40.8 Å². The van der Waals surface area contributed by atoms with Crippen LogP contribution in [-0.4, -0.2) is 61.9 Å². The van der Waals surface area contributed by atoms with Gasteiger partial charge >= 0.3 is 0 Å². The minimum atomic E-state index is -0.962. The highest BCUT2D eigenvalue weighted by atomic mass is 16.2. The summed E-state index contributed by atoms with van der Waals surface area (Å²) in [5.41, 5.74) is -0.962. The molecule has 104 valence electrons. The molecular weight excluding hydrogens is 230 g/mol. The van der Waals surface area contributed by atoms with E-state index in [-0.39, 0.29) is 11.8 Å². The van der Waals surface area contributed by atoms with E-state index in [9.17, 15) is 9.59 Å². The molecule has 0 radical (unpaired) electrons. The van der Waals surface area contributed by atoms with Gasteiger partial charge in [0, 0.05) is 26.2 Å². The lowest BCUT2D eigenvalue weighted by molar-refractivity contribution is -0.147. The fourth-order valence-electron chi connectivity index (χ4n) is 2.03. The Balaban J connectivity index is 2.50. The highest BCUT2D eigenvalue weighted by molar-refractivity contribution is 6.04. The van der Waals surface area contributed by atoms with E-state index >= 15 is 0 Å². The maximum Gasteiger partial charge on any atom is 0.237 e. The Kier molecular flexibility index (Phi) is 5.14. The fraction of sp³-hybridized carbons (Fsp3) is 0.846. The van der Waals surface area contributed by atoms with Crippen molar-refractivity contribution in [3.8, 4) is 0 Å². The highest BCUT2D eigenvalue weighted by Gasteiger charge is 2.39. The van der Waals surface area contributed by atoms with Crippen molar-refractivity contribution in [1.82, 2.24) is 15.1 Å². The number of carbonyl (C=O) groups excluding carboxylic acids is 2. The monoisotopic (exact) mass is 255 g/mol. The van der Waals surface area contributed by atoms with Crippen LogP contribution in [0.5, 0.6) is 0 Å². The van der Waals surface area contributed by atoms with Crippen LogP contribution in [0, 0.1) is 5.41 Å². The Morgan fingerprint density at radius 2 is 1.78 bits per heavy atom. The molecule has 0 spiro atoms. The van der Waals surface area contributed by atoms with Crippen LogP contribution >= 0.6 is 0 Å². The molecule has 1 aliphatic rings. The Hall–Kier alpha value is -1.10. The number of nitrogens with one attached hydrogen (secondary N) is 1. The summed E-state index contributed by atoms with van der Waals surface area (Å²) < 4.78 is 0. The fourth-order valence-corrected chi connectivity index (χ4v) is 2.03. The molecule has 0 aromatic heterocycles. The average molecular weight is 255 g/mol. The number of likely N-dealkylation sites (tertiary alicyclic amines) is 1. The van der Waals surface area contributed by atoms with Crippen molar-refractivity contribution < 1.29 is 9.59 Å². The quantitative estimate of drug-likeness (QED) is 0.720. The van der Waals surface area contributed by atoms with Crippen LogP contribution in [0.25, 0.3) is 0 Å². The van der Waals surface area contributed by atoms with Gasteiger partial charge < -0.3 is 15.1 Å². The molecule has 0 aromatic carbocycles. The minimum absolute atomic E-state index is 0.0534. The molecule has 0 aliphatic carbocycles. The topological polar surface area (TPSA) is 52.7 Å². The molecule has 1 saturated heterocycles. The summed E-state index contributed by atoms with van der Waals surface area (Å²) in [6.45, 7) is 6.33. The zero-order chi connectivity index (χ0) is 13.8. The lowest BCUT2D eigenvalue weighted by Crippen LogP contribution is -2.49. The summed E-state index contributed by atoms with van der Waals surface area (Å²) in [5, 5.41) is 2.83. The Bertz CT molecular complexity index is 307. The first-order valence-electron chi connectivity index (χ1n) is 6.58. The molecule has 0 saturated carbocycles. The molecule has 0 aromatic rings. The third-order valence-corrected chi connectivity index (χ3v) is 3.34. The standard InChI is InChI=1S/C13H25N3O2/c1-13(2,11(17)14-7-10-15(3)4)12(18)16-8-5-6-9-16/h5-10H2,1-4H3,(H,14,17). The van der Waals surface area contributed by atoms with Gasteiger partial charge in [-0.2, -0.15) is 0 Å². The van der Waals surface area contributed by atoms with Gasteiger partial charge in [0.1, 0.15) is 5.41 Å². The van der Waals surface area contributed by atoms with Crippen molar-refractivity contribution in [1.29, 1.82) is 0 Å². The third kappa shape index (κ3) is 3.70. The molecule has 0 unspecified atom stereocenters. The summed E-state index contributed by atoms with van der Waals surface area (Å²) in [5.74, 6) is -0.233. The first-order chi connectivity index (χ1) is 8.35. The number of hydrogen-bond donors (Lipinski definition) is 1. The molecule has 5 heteroatoms. The van der Waals surface area contributed by atoms with Crippen molar-refractivity contribution in [3.63, 3.8) is 0 Å². The number of amides is 2. The van der Waals surface area contributed by atoms with Crippen molar-refractivity contribution in [2.45, 2.75) is 26.7 Å². The second-order valence-electron chi connectivity index (χ2n) is 5.68. The molecule has 1 rings (SSSR count). The Labute approximate surface area is 110 Å². The number of likely N-dealkylation sites (N-methyl/N-ethyl adjacent to an activating group) is 1. The van der Waals surface area contributed by atoms with Gasteiger partial charge in [-0.1, -0.05) is 0 Å². The van der Waals surface area contributed by atoms with Gasteiger partial charge in [-0.15, -0.1) is 0 Å². The summed E-state index contributed by atoms with van der Waals surface area (Å²) in [4.78, 5) is 28.1. The normalized spacial score (nSPS) is 16.2. The van der Waals surface area contributed by atoms with Crippen molar-refractivity contribution in [3.05, 3.63) is 0 Å².